The average Bonchev–Trinajstić information content (AvgIpc) is 3.42. The maximum Gasteiger partial charge on any atom is 0.312 e. The number of halogens is 1. The molecule has 3 fully saturated rings. The normalized spacial score (nSPS) is 31.3. The van der Waals surface area contributed by atoms with Crippen molar-refractivity contribution in [1.82, 2.24) is 4.90 Å². The zero-order valence-corrected chi connectivity index (χ0v) is 24.6. The van der Waals surface area contributed by atoms with E-state index in [9.17, 15) is 19.5 Å². The molecule has 218 valence electrons. The number of fused-ring (bicyclic) bond motifs is 1. The number of aliphatic hydroxyl groups excluding tert-OH is 1. The zero-order chi connectivity index (χ0) is 29.4. The van der Waals surface area contributed by atoms with Crippen LogP contribution in [-0.4, -0.2) is 70.8 Å². The molecule has 3 aliphatic heterocycles. The molecule has 1 aromatic rings. The van der Waals surface area contributed by atoms with E-state index < -0.39 is 41.1 Å². The number of likely N-dealkylation sites (tertiary alicyclic amines) is 1. The predicted molar refractivity (Wildman–Crippen MR) is 154 cm³/mol. The van der Waals surface area contributed by atoms with Crippen molar-refractivity contribution in [3.63, 3.8) is 0 Å². The minimum Gasteiger partial charge on any atom is -0.465 e. The molecule has 0 aromatic heterocycles. The van der Waals surface area contributed by atoms with Gasteiger partial charge in [-0.2, -0.15) is 0 Å². The standard InChI is InChI=1S/C31H41ClN2O6/c1-7-9-15-39-29(38)25-24-27(36)34(21(18-35)16-19(3)4)26(31(24)17-20(5)30(25,6)40-31)28(37)33(14-8-2)23-13-11-10-12-22(23)32/h7-8,10-13,19-21,24-26,35H,1-2,9,14-18H2,3-6H3/t20?,21-,24+,25-,26?,30+,31?/m1/s1. The van der Waals surface area contributed by atoms with Crippen LogP contribution in [0.1, 0.15) is 47.0 Å². The highest BCUT2D eigenvalue weighted by atomic mass is 35.5. The molecule has 2 bridgehead atoms. The number of anilines is 1. The maximum absolute atomic E-state index is 14.7. The van der Waals surface area contributed by atoms with Crippen molar-refractivity contribution in [3.8, 4) is 0 Å². The van der Waals surface area contributed by atoms with Crippen LogP contribution in [0.2, 0.25) is 5.02 Å². The smallest absolute Gasteiger partial charge is 0.312 e. The number of nitrogens with zero attached hydrogens (tertiary/aromatic N) is 2. The van der Waals surface area contributed by atoms with Crippen LogP contribution in [0.25, 0.3) is 0 Å². The van der Waals surface area contributed by atoms with Gasteiger partial charge in [-0.3, -0.25) is 14.4 Å². The lowest BCUT2D eigenvalue weighted by molar-refractivity contribution is -0.162. The molecule has 8 nitrogen and oxygen atoms in total. The third-order valence-electron chi connectivity index (χ3n) is 8.88. The molecular formula is C31H41ClN2O6. The highest BCUT2D eigenvalue weighted by Gasteiger charge is 2.80. The fourth-order valence-electron chi connectivity index (χ4n) is 7.11. The molecule has 9 heteroatoms. The van der Waals surface area contributed by atoms with Crippen molar-refractivity contribution in [2.24, 2.45) is 23.7 Å². The molecule has 4 rings (SSSR count). The van der Waals surface area contributed by atoms with Crippen LogP contribution >= 0.6 is 11.6 Å². The number of rotatable bonds is 12. The second-order valence-corrected chi connectivity index (χ2v) is 12.3. The predicted octanol–water partition coefficient (Wildman–Crippen LogP) is 4.40. The molecule has 3 heterocycles. The molecule has 1 spiro atoms. The Labute approximate surface area is 241 Å². The first-order valence-electron chi connectivity index (χ1n) is 14.1. The van der Waals surface area contributed by atoms with E-state index in [1.165, 1.54) is 9.80 Å². The third kappa shape index (κ3) is 4.78. The average molecular weight is 573 g/mol. The van der Waals surface area contributed by atoms with E-state index in [0.29, 0.717) is 30.0 Å². The maximum atomic E-state index is 14.7. The van der Waals surface area contributed by atoms with E-state index >= 15 is 0 Å². The fourth-order valence-corrected chi connectivity index (χ4v) is 7.35. The molecule has 7 atom stereocenters. The van der Waals surface area contributed by atoms with Gasteiger partial charge >= 0.3 is 5.97 Å². The number of benzene rings is 1. The number of ether oxygens (including phenoxy) is 2. The lowest BCUT2D eigenvalue weighted by Gasteiger charge is -2.40. The summed E-state index contributed by atoms with van der Waals surface area (Å²) in [6.45, 7) is 15.3. The van der Waals surface area contributed by atoms with Gasteiger partial charge in [0.25, 0.3) is 5.91 Å². The molecule has 1 N–H and O–H groups in total. The van der Waals surface area contributed by atoms with Gasteiger partial charge in [-0.15, -0.1) is 13.2 Å². The summed E-state index contributed by atoms with van der Waals surface area (Å²) in [5, 5.41) is 10.9. The largest absolute Gasteiger partial charge is 0.465 e. The van der Waals surface area contributed by atoms with Gasteiger partial charge in [0, 0.05) is 6.54 Å². The van der Waals surface area contributed by atoms with Gasteiger partial charge in [0.05, 0.1) is 41.5 Å². The van der Waals surface area contributed by atoms with Crippen molar-refractivity contribution >= 4 is 35.1 Å². The Morgan fingerprint density at radius 2 is 2.00 bits per heavy atom. The van der Waals surface area contributed by atoms with E-state index in [1.54, 1.807) is 36.4 Å². The molecule has 0 aliphatic carbocycles. The molecule has 3 aliphatic rings. The number of para-hydroxylation sites is 1. The van der Waals surface area contributed by atoms with E-state index in [1.807, 2.05) is 27.7 Å². The van der Waals surface area contributed by atoms with Gasteiger partial charge in [0.15, 0.2) is 0 Å². The lowest BCUT2D eigenvalue weighted by Crippen LogP contribution is -2.59. The number of esters is 1. The monoisotopic (exact) mass is 572 g/mol. The summed E-state index contributed by atoms with van der Waals surface area (Å²) in [7, 11) is 0. The summed E-state index contributed by atoms with van der Waals surface area (Å²) < 4.78 is 12.4. The number of hydrogen-bond acceptors (Lipinski definition) is 6. The van der Waals surface area contributed by atoms with Crippen LogP contribution < -0.4 is 4.90 Å². The molecule has 1 aromatic carbocycles. The van der Waals surface area contributed by atoms with E-state index in [4.69, 9.17) is 21.1 Å². The van der Waals surface area contributed by atoms with E-state index in [0.717, 1.165) is 0 Å². The summed E-state index contributed by atoms with van der Waals surface area (Å²) in [6.07, 6.45) is 4.63. The topological polar surface area (TPSA) is 96.4 Å². The molecule has 2 amide bonds. The highest BCUT2D eigenvalue weighted by Crippen LogP contribution is 2.66. The summed E-state index contributed by atoms with van der Waals surface area (Å²) in [6, 6.07) is 5.29. The minimum atomic E-state index is -1.27. The Morgan fingerprint density at radius 3 is 2.60 bits per heavy atom. The second kappa shape index (κ2) is 11.7. The van der Waals surface area contributed by atoms with Crippen LogP contribution in [0.5, 0.6) is 0 Å². The van der Waals surface area contributed by atoms with Gasteiger partial charge in [0.2, 0.25) is 5.91 Å². The number of carbonyl (C=O) groups excluding carboxylic acids is 3. The van der Waals surface area contributed by atoms with Crippen LogP contribution in [0, 0.1) is 23.7 Å². The SMILES string of the molecule is C=CCCOC(=O)[C@H]1[C@H]2C(=O)N([C@@H](CO)CC(C)C)C(C(=O)N(CC=C)c3ccccc3Cl)C23CC(C)[C@]1(C)O3. The Hall–Kier alpha value is -2.68. The van der Waals surface area contributed by atoms with Crippen LogP contribution in [0.15, 0.2) is 49.6 Å². The molecule has 3 unspecified atom stereocenters. The molecule has 0 radical (unpaired) electrons. The van der Waals surface area contributed by atoms with E-state index in [-0.39, 0.29) is 43.4 Å². The van der Waals surface area contributed by atoms with Crippen molar-refractivity contribution in [2.75, 3.05) is 24.7 Å². The Morgan fingerprint density at radius 1 is 1.30 bits per heavy atom. The van der Waals surface area contributed by atoms with Gasteiger partial charge in [-0.1, -0.05) is 56.7 Å². The van der Waals surface area contributed by atoms with Crippen LogP contribution in [-0.2, 0) is 23.9 Å². The molecular weight excluding hydrogens is 532 g/mol. The van der Waals surface area contributed by atoms with Crippen molar-refractivity contribution in [3.05, 3.63) is 54.6 Å². The molecule has 3 saturated heterocycles. The van der Waals surface area contributed by atoms with Crippen LogP contribution in [0.4, 0.5) is 5.69 Å². The third-order valence-corrected chi connectivity index (χ3v) is 9.19. The summed E-state index contributed by atoms with van der Waals surface area (Å²) in [5.74, 6) is -3.06. The summed E-state index contributed by atoms with van der Waals surface area (Å²) in [5.41, 5.74) is -1.77. The zero-order valence-electron chi connectivity index (χ0n) is 23.8. The Bertz CT molecular complexity index is 1170. The first-order chi connectivity index (χ1) is 19.0. The lowest BCUT2D eigenvalue weighted by atomic mass is 9.62. The highest BCUT2D eigenvalue weighted by molar-refractivity contribution is 6.34. The van der Waals surface area contributed by atoms with Crippen LogP contribution in [0.3, 0.4) is 0 Å². The van der Waals surface area contributed by atoms with Crippen molar-refractivity contribution < 1.29 is 29.0 Å². The Kier molecular flexibility index (Phi) is 8.83. The minimum absolute atomic E-state index is 0.130. The number of hydrogen-bond donors (Lipinski definition) is 1. The van der Waals surface area contributed by atoms with Gasteiger partial charge in [-0.05, 0) is 50.2 Å². The number of aliphatic hydroxyl groups is 1. The molecule has 0 saturated carbocycles. The van der Waals surface area contributed by atoms with Gasteiger partial charge in [-0.25, -0.2) is 0 Å². The first-order valence-corrected chi connectivity index (χ1v) is 14.4. The van der Waals surface area contributed by atoms with Gasteiger partial charge < -0.3 is 24.4 Å². The second-order valence-electron chi connectivity index (χ2n) is 11.8. The van der Waals surface area contributed by atoms with Crippen molar-refractivity contribution in [1.29, 1.82) is 0 Å². The van der Waals surface area contributed by atoms with Crippen molar-refractivity contribution in [2.45, 2.75) is 70.2 Å². The first kappa shape index (κ1) is 30.3. The summed E-state index contributed by atoms with van der Waals surface area (Å²) >= 11 is 6.54. The van der Waals surface area contributed by atoms with Gasteiger partial charge in [0.1, 0.15) is 17.6 Å². The molecule has 40 heavy (non-hydrogen) atoms. The fraction of sp³-hybridized carbons (Fsp3) is 0.581. The quantitative estimate of drug-likeness (QED) is 0.227. The Balaban J connectivity index is 1.87. The number of amides is 2. The summed E-state index contributed by atoms with van der Waals surface area (Å²) in [4.78, 5) is 45.7. The van der Waals surface area contributed by atoms with E-state index in [2.05, 4.69) is 13.2 Å². The number of carbonyl (C=O) groups is 3.